The van der Waals surface area contributed by atoms with Crippen molar-refractivity contribution in [3.05, 3.63) is 57.5 Å². The molecule has 0 saturated carbocycles. The van der Waals surface area contributed by atoms with Gasteiger partial charge in [-0.25, -0.2) is 13.4 Å². The van der Waals surface area contributed by atoms with E-state index in [0.717, 1.165) is 11.1 Å². The second kappa shape index (κ2) is 6.80. The highest BCUT2D eigenvalue weighted by atomic mass is 32.2. The highest BCUT2D eigenvalue weighted by Gasteiger charge is 2.16. The molecular weight excluding hydrogens is 366 g/mol. The van der Waals surface area contributed by atoms with E-state index < -0.39 is 9.84 Å². The fourth-order valence-electron chi connectivity index (χ4n) is 1.96. The summed E-state index contributed by atoms with van der Waals surface area (Å²) in [6, 6.07) is 6.03. The van der Waals surface area contributed by atoms with Crippen LogP contribution in [0.1, 0.15) is 20.1 Å². The van der Waals surface area contributed by atoms with Gasteiger partial charge in [0.2, 0.25) is 5.78 Å². The third-order valence-electron chi connectivity index (χ3n) is 3.15. The number of carbonyl (C=O) groups excluding carboxylic acids is 1. The predicted molar refractivity (Wildman–Crippen MR) is 94.5 cm³/mol. The van der Waals surface area contributed by atoms with Crippen molar-refractivity contribution in [3.63, 3.8) is 0 Å². The molecular formula is C15H13N3O3S3. The van der Waals surface area contributed by atoms with Gasteiger partial charge in [0.15, 0.2) is 15.0 Å². The van der Waals surface area contributed by atoms with Gasteiger partial charge in [0.05, 0.1) is 28.0 Å². The summed E-state index contributed by atoms with van der Waals surface area (Å²) < 4.78 is 23.2. The SMILES string of the molecule is CS(=O)(=O)c1cccc(C(=O)c2cnc(NCc3cncs3)s2)c1. The third-order valence-corrected chi connectivity index (χ3v) is 5.99. The van der Waals surface area contributed by atoms with Gasteiger partial charge in [-0.2, -0.15) is 0 Å². The Hall–Kier alpha value is -2.10. The van der Waals surface area contributed by atoms with Crippen LogP contribution in [-0.4, -0.2) is 30.4 Å². The minimum atomic E-state index is -3.35. The van der Waals surface area contributed by atoms with Crippen LogP contribution in [0.4, 0.5) is 5.13 Å². The standard InChI is InChI=1S/C15H13N3O3S3/c1-24(20,21)12-4-2-3-10(5-12)14(19)13-8-18-15(23-13)17-7-11-6-16-9-22-11/h2-6,8-9H,7H2,1H3,(H,17,18). The van der Waals surface area contributed by atoms with Crippen molar-refractivity contribution in [2.75, 3.05) is 11.6 Å². The molecule has 0 saturated heterocycles. The Morgan fingerprint density at radius 2 is 2.12 bits per heavy atom. The van der Waals surface area contributed by atoms with Crippen LogP contribution in [0.5, 0.6) is 0 Å². The molecule has 124 valence electrons. The first-order valence-electron chi connectivity index (χ1n) is 6.85. The lowest BCUT2D eigenvalue weighted by Gasteiger charge is -2.02. The number of anilines is 1. The molecule has 0 radical (unpaired) electrons. The van der Waals surface area contributed by atoms with E-state index in [1.165, 1.54) is 41.0 Å². The number of nitrogens with zero attached hydrogens (tertiary/aromatic N) is 2. The first kappa shape index (κ1) is 16.7. The molecule has 0 aliphatic rings. The summed E-state index contributed by atoms with van der Waals surface area (Å²) in [6.45, 7) is 0.593. The summed E-state index contributed by atoms with van der Waals surface area (Å²) >= 11 is 2.77. The van der Waals surface area contributed by atoms with Crippen molar-refractivity contribution in [2.24, 2.45) is 0 Å². The van der Waals surface area contributed by atoms with Crippen LogP contribution in [0, 0.1) is 0 Å². The summed E-state index contributed by atoms with van der Waals surface area (Å²) in [5.74, 6) is -0.246. The average Bonchev–Trinajstić information content (AvgIpc) is 3.23. The quantitative estimate of drug-likeness (QED) is 0.663. The van der Waals surface area contributed by atoms with Crippen LogP contribution < -0.4 is 5.32 Å². The number of benzene rings is 1. The summed E-state index contributed by atoms with van der Waals surface area (Å²) in [4.78, 5) is 22.3. The van der Waals surface area contributed by atoms with E-state index in [1.54, 1.807) is 23.8 Å². The zero-order valence-electron chi connectivity index (χ0n) is 12.6. The molecule has 1 aromatic carbocycles. The first-order chi connectivity index (χ1) is 11.4. The Morgan fingerprint density at radius 1 is 1.29 bits per heavy atom. The molecule has 0 fully saturated rings. The molecule has 3 rings (SSSR count). The average molecular weight is 379 g/mol. The topological polar surface area (TPSA) is 89.0 Å². The molecule has 0 atom stereocenters. The molecule has 3 aromatic rings. The van der Waals surface area contributed by atoms with Crippen LogP contribution in [0.2, 0.25) is 0 Å². The van der Waals surface area contributed by atoms with Crippen molar-refractivity contribution < 1.29 is 13.2 Å². The summed E-state index contributed by atoms with van der Waals surface area (Å²) in [7, 11) is -3.35. The molecule has 0 bridgehead atoms. The van der Waals surface area contributed by atoms with E-state index in [9.17, 15) is 13.2 Å². The number of hydrogen-bond acceptors (Lipinski definition) is 8. The lowest BCUT2D eigenvalue weighted by molar-refractivity contribution is 0.104. The maximum Gasteiger partial charge on any atom is 0.204 e. The molecule has 0 amide bonds. The minimum Gasteiger partial charge on any atom is -0.357 e. The van der Waals surface area contributed by atoms with Crippen molar-refractivity contribution in [3.8, 4) is 0 Å². The Labute approximate surface area is 147 Å². The van der Waals surface area contributed by atoms with Crippen molar-refractivity contribution in [1.29, 1.82) is 0 Å². The second-order valence-electron chi connectivity index (χ2n) is 4.98. The van der Waals surface area contributed by atoms with E-state index in [-0.39, 0.29) is 10.7 Å². The largest absolute Gasteiger partial charge is 0.357 e. The highest BCUT2D eigenvalue weighted by molar-refractivity contribution is 7.90. The molecule has 2 heterocycles. The number of carbonyl (C=O) groups is 1. The molecule has 6 nitrogen and oxygen atoms in total. The van der Waals surface area contributed by atoms with Gasteiger partial charge in [-0.05, 0) is 12.1 Å². The number of ketones is 1. The van der Waals surface area contributed by atoms with Gasteiger partial charge in [0.25, 0.3) is 0 Å². The Bertz CT molecular complexity index is 963. The van der Waals surface area contributed by atoms with Gasteiger partial charge in [-0.15, -0.1) is 11.3 Å². The minimum absolute atomic E-state index is 0.126. The Kier molecular flexibility index (Phi) is 4.74. The lowest BCUT2D eigenvalue weighted by atomic mass is 10.1. The van der Waals surface area contributed by atoms with Gasteiger partial charge in [0.1, 0.15) is 0 Å². The number of aromatic nitrogens is 2. The van der Waals surface area contributed by atoms with E-state index >= 15 is 0 Å². The van der Waals surface area contributed by atoms with E-state index in [1.807, 2.05) is 0 Å². The maximum atomic E-state index is 12.5. The first-order valence-corrected chi connectivity index (χ1v) is 10.4. The zero-order valence-corrected chi connectivity index (χ0v) is 15.0. The lowest BCUT2D eigenvalue weighted by Crippen LogP contribution is -2.02. The summed E-state index contributed by atoms with van der Waals surface area (Å²) in [6.07, 6.45) is 4.38. The number of hydrogen-bond donors (Lipinski definition) is 1. The normalized spacial score (nSPS) is 11.4. The smallest absolute Gasteiger partial charge is 0.204 e. The summed E-state index contributed by atoms with van der Waals surface area (Å²) in [5, 5.41) is 3.77. The fourth-order valence-corrected chi connectivity index (χ4v) is 3.94. The molecule has 1 N–H and O–H groups in total. The molecule has 0 spiro atoms. The molecule has 24 heavy (non-hydrogen) atoms. The van der Waals surface area contributed by atoms with Gasteiger partial charge >= 0.3 is 0 Å². The monoisotopic (exact) mass is 379 g/mol. The number of thiazole rings is 2. The number of nitrogens with one attached hydrogen (secondary N) is 1. The highest BCUT2D eigenvalue weighted by Crippen LogP contribution is 2.23. The van der Waals surface area contributed by atoms with E-state index in [0.29, 0.717) is 22.1 Å². The van der Waals surface area contributed by atoms with Crippen LogP contribution in [0.25, 0.3) is 0 Å². The number of rotatable bonds is 6. The molecule has 0 unspecified atom stereocenters. The molecule has 2 aromatic heterocycles. The molecule has 9 heteroatoms. The third kappa shape index (κ3) is 3.86. The zero-order chi connectivity index (χ0) is 17.2. The van der Waals surface area contributed by atoms with Crippen molar-refractivity contribution in [1.82, 2.24) is 9.97 Å². The fraction of sp³-hybridized carbons (Fsp3) is 0.133. The van der Waals surface area contributed by atoms with Crippen LogP contribution in [0.3, 0.4) is 0 Å². The Morgan fingerprint density at radius 3 is 2.83 bits per heavy atom. The number of sulfone groups is 1. The molecule has 0 aliphatic carbocycles. The van der Waals surface area contributed by atoms with Crippen LogP contribution >= 0.6 is 22.7 Å². The Balaban J connectivity index is 1.76. The maximum absolute atomic E-state index is 12.5. The van der Waals surface area contributed by atoms with Crippen LogP contribution in [-0.2, 0) is 16.4 Å². The van der Waals surface area contributed by atoms with E-state index in [4.69, 9.17) is 0 Å². The van der Waals surface area contributed by atoms with E-state index in [2.05, 4.69) is 15.3 Å². The van der Waals surface area contributed by atoms with Crippen LogP contribution in [0.15, 0.2) is 47.1 Å². The van der Waals surface area contributed by atoms with Crippen molar-refractivity contribution >= 4 is 43.4 Å². The molecule has 0 aliphatic heterocycles. The van der Waals surface area contributed by atoms with Gasteiger partial charge < -0.3 is 5.32 Å². The van der Waals surface area contributed by atoms with Gasteiger partial charge in [-0.1, -0.05) is 23.5 Å². The summed E-state index contributed by atoms with van der Waals surface area (Å²) in [5.41, 5.74) is 2.08. The van der Waals surface area contributed by atoms with Gasteiger partial charge in [-0.3, -0.25) is 9.78 Å². The van der Waals surface area contributed by atoms with Crippen molar-refractivity contribution in [2.45, 2.75) is 11.4 Å². The predicted octanol–water partition coefficient (Wildman–Crippen LogP) is 2.85. The second-order valence-corrected chi connectivity index (χ2v) is 9.00. The van der Waals surface area contributed by atoms with Gasteiger partial charge in [0, 0.05) is 22.9 Å².